The Labute approximate surface area is 120 Å². The fourth-order valence-corrected chi connectivity index (χ4v) is 1.76. The van der Waals surface area contributed by atoms with Crippen LogP contribution in [0.1, 0.15) is 16.8 Å². The molecule has 1 heterocycles. The molecule has 1 aromatic heterocycles. The molecule has 0 amide bonds. The molecule has 0 unspecified atom stereocenters. The summed E-state index contributed by atoms with van der Waals surface area (Å²) in [5, 5.41) is 11.3. The highest BCUT2D eigenvalue weighted by Crippen LogP contribution is 2.19. The van der Waals surface area contributed by atoms with E-state index in [1.807, 2.05) is 0 Å². The number of rotatable bonds is 6. The quantitative estimate of drug-likeness (QED) is 0.594. The number of tetrazole rings is 1. The van der Waals surface area contributed by atoms with Crippen LogP contribution in [0.4, 0.5) is 0 Å². The van der Waals surface area contributed by atoms with E-state index in [9.17, 15) is 4.79 Å². The van der Waals surface area contributed by atoms with Crippen molar-refractivity contribution in [1.29, 1.82) is 0 Å². The number of carbonyl (C=O) groups excluding carboxylic acids is 1. The largest absolute Gasteiger partial charge is 0.462 e. The number of hydrogen-bond donors (Lipinski definition) is 0. The predicted molar refractivity (Wildman–Crippen MR) is 70.9 cm³/mol. The van der Waals surface area contributed by atoms with Crippen molar-refractivity contribution in [3.63, 3.8) is 0 Å². The van der Waals surface area contributed by atoms with E-state index >= 15 is 0 Å². The lowest BCUT2D eigenvalue weighted by Crippen LogP contribution is -2.12. The SMILES string of the molecule is COCCCOC(=O)c1cc(Cl)ccc1-n1cnnn1. The van der Waals surface area contributed by atoms with Crippen molar-refractivity contribution in [3.05, 3.63) is 35.1 Å². The Kier molecular flexibility index (Phi) is 5.03. The summed E-state index contributed by atoms with van der Waals surface area (Å²) < 4.78 is 11.4. The Balaban J connectivity index is 2.17. The van der Waals surface area contributed by atoms with Gasteiger partial charge in [-0.15, -0.1) is 5.10 Å². The van der Waals surface area contributed by atoms with Crippen LogP contribution in [0.15, 0.2) is 24.5 Å². The van der Waals surface area contributed by atoms with Crippen LogP contribution >= 0.6 is 11.6 Å². The topological polar surface area (TPSA) is 79.1 Å². The Hall–Kier alpha value is -1.99. The zero-order chi connectivity index (χ0) is 14.4. The molecule has 0 aliphatic rings. The zero-order valence-corrected chi connectivity index (χ0v) is 11.6. The summed E-state index contributed by atoms with van der Waals surface area (Å²) in [6.07, 6.45) is 2.02. The number of methoxy groups -OCH3 is 1. The number of ether oxygens (including phenoxy) is 2. The van der Waals surface area contributed by atoms with Crippen LogP contribution in [0.3, 0.4) is 0 Å². The molecule has 20 heavy (non-hydrogen) atoms. The van der Waals surface area contributed by atoms with Gasteiger partial charge < -0.3 is 9.47 Å². The summed E-state index contributed by atoms with van der Waals surface area (Å²) in [4.78, 5) is 12.1. The molecule has 7 nitrogen and oxygen atoms in total. The first kappa shape index (κ1) is 14.4. The molecule has 0 saturated carbocycles. The molecular formula is C12H13ClN4O3. The van der Waals surface area contributed by atoms with Gasteiger partial charge in [-0.05, 0) is 28.6 Å². The van der Waals surface area contributed by atoms with Crippen molar-refractivity contribution < 1.29 is 14.3 Å². The van der Waals surface area contributed by atoms with E-state index in [0.717, 1.165) is 0 Å². The van der Waals surface area contributed by atoms with Gasteiger partial charge in [-0.3, -0.25) is 0 Å². The number of esters is 1. The summed E-state index contributed by atoms with van der Waals surface area (Å²) in [6, 6.07) is 4.84. The summed E-state index contributed by atoms with van der Waals surface area (Å²) in [6.45, 7) is 0.802. The molecule has 0 saturated heterocycles. The van der Waals surface area contributed by atoms with Gasteiger partial charge in [0.2, 0.25) is 0 Å². The molecule has 1 aromatic carbocycles. The summed E-state index contributed by atoms with van der Waals surface area (Å²) in [5.74, 6) is -0.478. The average Bonchev–Trinajstić information content (AvgIpc) is 2.97. The van der Waals surface area contributed by atoms with Gasteiger partial charge in [-0.1, -0.05) is 11.6 Å². The monoisotopic (exact) mass is 296 g/mol. The molecule has 0 aliphatic carbocycles. The van der Waals surface area contributed by atoms with Crippen molar-refractivity contribution in [2.24, 2.45) is 0 Å². The summed E-state index contributed by atoms with van der Waals surface area (Å²) in [7, 11) is 1.59. The first-order valence-electron chi connectivity index (χ1n) is 5.91. The fraction of sp³-hybridized carbons (Fsp3) is 0.333. The minimum absolute atomic E-state index is 0.272. The highest BCUT2D eigenvalue weighted by Gasteiger charge is 2.15. The minimum atomic E-state index is -0.478. The van der Waals surface area contributed by atoms with Crippen LogP contribution in [0, 0.1) is 0 Å². The van der Waals surface area contributed by atoms with Crippen LogP contribution in [-0.4, -0.2) is 46.5 Å². The van der Waals surface area contributed by atoms with Gasteiger partial charge in [-0.25, -0.2) is 4.79 Å². The molecule has 0 bridgehead atoms. The Bertz CT molecular complexity index is 574. The zero-order valence-electron chi connectivity index (χ0n) is 10.8. The van der Waals surface area contributed by atoms with E-state index in [1.165, 1.54) is 17.1 Å². The Morgan fingerprint density at radius 1 is 1.40 bits per heavy atom. The standard InChI is InChI=1S/C12H13ClN4O3/c1-19-5-2-6-20-12(18)10-7-9(13)3-4-11(10)17-8-14-15-16-17/h3-4,7-8H,2,5-6H2,1H3. The predicted octanol–water partition coefficient (Wildman–Crippen LogP) is 1.51. The van der Waals surface area contributed by atoms with Crippen molar-refractivity contribution in [2.75, 3.05) is 20.3 Å². The van der Waals surface area contributed by atoms with Crippen molar-refractivity contribution >= 4 is 17.6 Å². The molecule has 0 atom stereocenters. The third-order valence-electron chi connectivity index (χ3n) is 2.50. The van der Waals surface area contributed by atoms with E-state index in [4.69, 9.17) is 21.1 Å². The number of carbonyl (C=O) groups is 1. The number of aromatic nitrogens is 4. The summed E-state index contributed by atoms with van der Waals surface area (Å²) >= 11 is 5.92. The Morgan fingerprint density at radius 3 is 2.95 bits per heavy atom. The van der Waals surface area contributed by atoms with Gasteiger partial charge in [0, 0.05) is 25.2 Å². The average molecular weight is 297 g/mol. The van der Waals surface area contributed by atoms with Gasteiger partial charge in [-0.2, -0.15) is 4.68 Å². The van der Waals surface area contributed by atoms with Crippen LogP contribution < -0.4 is 0 Å². The van der Waals surface area contributed by atoms with Crippen molar-refractivity contribution in [1.82, 2.24) is 20.2 Å². The molecule has 2 aromatic rings. The lowest BCUT2D eigenvalue weighted by molar-refractivity contribution is 0.0468. The molecular weight excluding hydrogens is 284 g/mol. The normalized spacial score (nSPS) is 10.5. The lowest BCUT2D eigenvalue weighted by atomic mass is 10.2. The van der Waals surface area contributed by atoms with Crippen molar-refractivity contribution in [3.8, 4) is 5.69 Å². The smallest absolute Gasteiger partial charge is 0.340 e. The van der Waals surface area contributed by atoms with E-state index in [2.05, 4.69) is 15.5 Å². The van der Waals surface area contributed by atoms with Gasteiger partial charge >= 0.3 is 5.97 Å². The fourth-order valence-electron chi connectivity index (χ4n) is 1.59. The second kappa shape index (κ2) is 6.97. The number of halogens is 1. The number of benzene rings is 1. The highest BCUT2D eigenvalue weighted by molar-refractivity contribution is 6.31. The van der Waals surface area contributed by atoms with Crippen LogP contribution in [0.2, 0.25) is 5.02 Å². The van der Waals surface area contributed by atoms with E-state index in [1.54, 1.807) is 19.2 Å². The maximum atomic E-state index is 12.1. The maximum Gasteiger partial charge on any atom is 0.340 e. The Morgan fingerprint density at radius 2 is 2.25 bits per heavy atom. The second-order valence-electron chi connectivity index (χ2n) is 3.90. The van der Waals surface area contributed by atoms with Gasteiger partial charge in [0.15, 0.2) is 0 Å². The van der Waals surface area contributed by atoms with Gasteiger partial charge in [0.25, 0.3) is 0 Å². The molecule has 0 fully saturated rings. The molecule has 2 rings (SSSR count). The highest BCUT2D eigenvalue weighted by atomic mass is 35.5. The minimum Gasteiger partial charge on any atom is -0.462 e. The first-order chi connectivity index (χ1) is 9.72. The first-order valence-corrected chi connectivity index (χ1v) is 6.29. The molecule has 0 radical (unpaired) electrons. The lowest BCUT2D eigenvalue weighted by Gasteiger charge is -2.09. The van der Waals surface area contributed by atoms with Gasteiger partial charge in [0.05, 0.1) is 17.9 Å². The van der Waals surface area contributed by atoms with E-state index in [-0.39, 0.29) is 6.61 Å². The van der Waals surface area contributed by atoms with Crippen LogP contribution in [0.5, 0.6) is 0 Å². The van der Waals surface area contributed by atoms with E-state index in [0.29, 0.717) is 29.3 Å². The van der Waals surface area contributed by atoms with Crippen LogP contribution in [-0.2, 0) is 9.47 Å². The third kappa shape index (κ3) is 3.52. The van der Waals surface area contributed by atoms with Crippen molar-refractivity contribution in [2.45, 2.75) is 6.42 Å². The number of hydrogen-bond acceptors (Lipinski definition) is 6. The third-order valence-corrected chi connectivity index (χ3v) is 2.74. The molecule has 8 heteroatoms. The summed E-state index contributed by atoms with van der Waals surface area (Å²) in [5.41, 5.74) is 0.818. The maximum absolute atomic E-state index is 12.1. The molecule has 0 N–H and O–H groups in total. The number of nitrogens with zero attached hydrogens (tertiary/aromatic N) is 4. The van der Waals surface area contributed by atoms with Crippen LogP contribution in [0.25, 0.3) is 5.69 Å². The second-order valence-corrected chi connectivity index (χ2v) is 4.33. The van der Waals surface area contributed by atoms with Gasteiger partial charge in [0.1, 0.15) is 6.33 Å². The molecule has 0 aliphatic heterocycles. The molecule has 106 valence electrons. The van der Waals surface area contributed by atoms with E-state index < -0.39 is 5.97 Å². The molecule has 0 spiro atoms.